The molecule has 272 valence electrons. The molecular formula is C46H42N8O. The van der Waals surface area contributed by atoms with E-state index >= 15 is 0 Å². The first-order valence-corrected chi connectivity index (χ1v) is 19.0. The van der Waals surface area contributed by atoms with Crippen molar-refractivity contribution < 1.29 is 4.74 Å². The van der Waals surface area contributed by atoms with Crippen LogP contribution in [-0.2, 0) is 5.41 Å². The lowest BCUT2D eigenvalue weighted by atomic mass is 9.85. The Labute approximate surface area is 318 Å². The van der Waals surface area contributed by atoms with Gasteiger partial charge in [0.25, 0.3) is 0 Å². The minimum absolute atomic E-state index is 0.0673. The van der Waals surface area contributed by atoms with E-state index in [9.17, 15) is 0 Å². The maximum absolute atomic E-state index is 6.67. The van der Waals surface area contributed by atoms with Crippen molar-refractivity contribution in [3.05, 3.63) is 132 Å². The van der Waals surface area contributed by atoms with Gasteiger partial charge in [0.15, 0.2) is 11.3 Å². The van der Waals surface area contributed by atoms with E-state index < -0.39 is 0 Å². The molecule has 0 saturated carbocycles. The molecule has 0 bridgehead atoms. The molecule has 6 heterocycles. The van der Waals surface area contributed by atoms with E-state index in [4.69, 9.17) is 24.7 Å². The first-order valence-electron chi connectivity index (χ1n) is 19.0. The van der Waals surface area contributed by atoms with Gasteiger partial charge in [-0.1, -0.05) is 84.9 Å². The highest BCUT2D eigenvalue weighted by molar-refractivity contribution is 5.93. The highest BCUT2D eigenvalue weighted by Gasteiger charge is 2.26. The largest absolute Gasteiger partial charge is 0.457 e. The normalized spacial score (nSPS) is 12.6. The Morgan fingerprint density at radius 1 is 0.545 bits per heavy atom. The Morgan fingerprint density at radius 2 is 1.07 bits per heavy atom. The van der Waals surface area contributed by atoms with E-state index in [1.807, 2.05) is 48.8 Å². The number of benzene rings is 4. The quantitative estimate of drug-likeness (QED) is 0.171. The van der Waals surface area contributed by atoms with E-state index in [0.717, 1.165) is 61.6 Å². The van der Waals surface area contributed by atoms with Gasteiger partial charge in [-0.2, -0.15) is 0 Å². The molecule has 10 aromatic rings. The third-order valence-electron chi connectivity index (χ3n) is 10.8. The molecule has 9 nitrogen and oxygen atoms in total. The van der Waals surface area contributed by atoms with Gasteiger partial charge in [0.1, 0.15) is 11.5 Å². The summed E-state index contributed by atoms with van der Waals surface area (Å²) in [4.78, 5) is 20.2. The van der Waals surface area contributed by atoms with Crippen LogP contribution in [0, 0.1) is 0 Å². The van der Waals surface area contributed by atoms with Crippen molar-refractivity contribution in [2.24, 2.45) is 0 Å². The molecule has 0 spiro atoms. The van der Waals surface area contributed by atoms with Crippen LogP contribution in [0.1, 0.15) is 77.0 Å². The van der Waals surface area contributed by atoms with Crippen molar-refractivity contribution in [3.8, 4) is 22.9 Å². The summed E-state index contributed by atoms with van der Waals surface area (Å²) in [5, 5.41) is 0. The minimum atomic E-state index is -0.0673. The molecular weight excluding hydrogens is 681 g/mol. The van der Waals surface area contributed by atoms with Crippen molar-refractivity contribution in [3.63, 3.8) is 0 Å². The van der Waals surface area contributed by atoms with Crippen molar-refractivity contribution in [1.29, 1.82) is 0 Å². The Hall–Kier alpha value is -6.48. The van der Waals surface area contributed by atoms with Gasteiger partial charge < -0.3 is 4.74 Å². The number of hydrogen-bond donors (Lipinski definition) is 0. The summed E-state index contributed by atoms with van der Waals surface area (Å²) >= 11 is 0. The summed E-state index contributed by atoms with van der Waals surface area (Å²) in [6, 6.07) is 35.6. The van der Waals surface area contributed by atoms with Gasteiger partial charge in [-0.15, -0.1) is 0 Å². The van der Waals surface area contributed by atoms with Crippen LogP contribution in [0.2, 0.25) is 0 Å². The van der Waals surface area contributed by atoms with Gasteiger partial charge in [0.2, 0.25) is 11.6 Å². The molecule has 0 saturated heterocycles. The lowest BCUT2D eigenvalue weighted by Crippen LogP contribution is -2.15. The van der Waals surface area contributed by atoms with Crippen LogP contribution >= 0.6 is 0 Å². The molecule has 0 radical (unpaired) electrons. The van der Waals surface area contributed by atoms with E-state index in [1.165, 1.54) is 22.4 Å². The number of fused-ring (bicyclic) bond motifs is 10. The molecule has 0 aliphatic heterocycles. The number of rotatable bonds is 6. The van der Waals surface area contributed by atoms with E-state index in [2.05, 4.69) is 133 Å². The smallest absolute Gasteiger partial charge is 0.221 e. The number of nitrogens with zero attached hydrogens (tertiary/aromatic N) is 8. The fraction of sp³-hybridized carbons (Fsp3) is 0.217. The molecule has 0 aliphatic carbocycles. The molecule has 9 heteroatoms. The number of aromatic nitrogens is 8. The van der Waals surface area contributed by atoms with Crippen LogP contribution in [0.5, 0.6) is 11.5 Å². The molecule has 6 aromatic heterocycles. The fourth-order valence-electron chi connectivity index (χ4n) is 8.28. The zero-order chi connectivity index (χ0) is 37.7. The second-order valence-corrected chi connectivity index (χ2v) is 16.1. The van der Waals surface area contributed by atoms with Crippen molar-refractivity contribution in [1.82, 2.24) is 37.9 Å². The maximum atomic E-state index is 6.67. The molecule has 4 aromatic carbocycles. The van der Waals surface area contributed by atoms with E-state index in [1.54, 1.807) is 0 Å². The summed E-state index contributed by atoms with van der Waals surface area (Å²) in [7, 11) is 0. The summed E-state index contributed by atoms with van der Waals surface area (Å²) in [5.74, 6) is 3.70. The second kappa shape index (κ2) is 12.0. The topological polar surface area (TPSA) is 79.5 Å². The van der Waals surface area contributed by atoms with E-state index in [-0.39, 0.29) is 5.41 Å². The van der Waals surface area contributed by atoms with Crippen molar-refractivity contribution >= 4 is 55.9 Å². The average molecular weight is 723 g/mol. The second-order valence-electron chi connectivity index (χ2n) is 16.1. The summed E-state index contributed by atoms with van der Waals surface area (Å²) in [6.45, 7) is 15.7. The Bertz CT molecular complexity index is 3100. The predicted molar refractivity (Wildman–Crippen MR) is 222 cm³/mol. The first-order chi connectivity index (χ1) is 26.6. The van der Waals surface area contributed by atoms with Crippen LogP contribution < -0.4 is 4.74 Å². The molecule has 0 N–H and O–H groups in total. The summed E-state index contributed by atoms with van der Waals surface area (Å²) < 4.78 is 15.5. The van der Waals surface area contributed by atoms with Gasteiger partial charge in [-0.25, -0.2) is 19.9 Å². The first kappa shape index (κ1) is 33.1. The summed E-state index contributed by atoms with van der Waals surface area (Å²) in [6.07, 6.45) is 3.69. The van der Waals surface area contributed by atoms with Crippen molar-refractivity contribution in [2.45, 2.75) is 65.7 Å². The van der Waals surface area contributed by atoms with Crippen LogP contribution in [0.4, 0.5) is 0 Å². The number of para-hydroxylation sites is 2. The molecule has 55 heavy (non-hydrogen) atoms. The number of pyridine rings is 2. The zero-order valence-corrected chi connectivity index (χ0v) is 32.1. The number of imidazole rings is 4. The highest BCUT2D eigenvalue weighted by Crippen LogP contribution is 2.39. The van der Waals surface area contributed by atoms with Crippen molar-refractivity contribution in [2.75, 3.05) is 0 Å². The lowest BCUT2D eigenvalue weighted by molar-refractivity contribution is 0.484. The highest BCUT2D eigenvalue weighted by atomic mass is 16.5. The molecule has 0 unspecified atom stereocenters. The lowest BCUT2D eigenvalue weighted by Gasteiger charge is -2.23. The molecule has 0 fully saturated rings. The Morgan fingerprint density at radius 3 is 1.62 bits per heavy atom. The predicted octanol–water partition coefficient (Wildman–Crippen LogP) is 11.3. The Balaban J connectivity index is 1.13. The standard InChI is InChI=1S/C46H42N8O/c1-27(2)31-13-10-14-32(28(3)4)41(31)52-38-18-12-24-48-43(38)54-40-26-30(20-22-35(40)50-45(52)54)55-29-19-21-34-39(25-29)53-42-37(17-11-23-47-42)51(44(53)49-34)36-16-9-8-15-33(36)46(5,6)7/h8-28H,1-7H3. The van der Waals surface area contributed by atoms with Gasteiger partial charge in [-0.05, 0) is 88.5 Å². The SMILES string of the molecule is CC(C)c1cccc(C(C)C)c1-n1c2cccnc2n2c3cc(Oc4ccc5nc6n(-c7ccccc7C(C)(C)C)c7cccnc7n6c5c4)ccc3nc12. The van der Waals surface area contributed by atoms with Gasteiger partial charge >= 0.3 is 0 Å². The third kappa shape index (κ3) is 4.99. The Kier molecular flexibility index (Phi) is 7.23. The fourth-order valence-corrected chi connectivity index (χ4v) is 8.28. The molecule has 0 atom stereocenters. The summed E-state index contributed by atoms with van der Waals surface area (Å²) in [5.41, 5.74) is 13.3. The van der Waals surface area contributed by atoms with Gasteiger partial charge in [-0.3, -0.25) is 17.9 Å². The average Bonchev–Trinajstić information content (AvgIpc) is 3.90. The van der Waals surface area contributed by atoms with Crippen LogP contribution in [0.25, 0.3) is 67.3 Å². The maximum Gasteiger partial charge on any atom is 0.221 e. The molecule has 0 amide bonds. The number of ether oxygens (including phenoxy) is 1. The van der Waals surface area contributed by atoms with E-state index in [0.29, 0.717) is 23.3 Å². The monoisotopic (exact) mass is 722 g/mol. The van der Waals surface area contributed by atoms with Gasteiger partial charge in [0.05, 0.1) is 44.5 Å². The minimum Gasteiger partial charge on any atom is -0.457 e. The zero-order valence-electron chi connectivity index (χ0n) is 32.1. The third-order valence-corrected chi connectivity index (χ3v) is 10.8. The van der Waals surface area contributed by atoms with Crippen LogP contribution in [-0.4, -0.2) is 37.9 Å². The number of hydrogen-bond acceptors (Lipinski definition) is 5. The van der Waals surface area contributed by atoms with Crippen LogP contribution in [0.15, 0.2) is 116 Å². The van der Waals surface area contributed by atoms with Crippen LogP contribution in [0.3, 0.4) is 0 Å². The van der Waals surface area contributed by atoms with Gasteiger partial charge in [0, 0.05) is 24.5 Å². The molecule has 10 rings (SSSR count). The molecule has 0 aliphatic rings.